The van der Waals surface area contributed by atoms with E-state index in [0.29, 0.717) is 33.1 Å². The van der Waals surface area contributed by atoms with Crippen LogP contribution in [-0.2, 0) is 6.54 Å². The molecule has 3 N–H and O–H groups in total. The summed E-state index contributed by atoms with van der Waals surface area (Å²) in [5.74, 6) is -0.211. The number of rotatable bonds is 7. The number of anilines is 2. The number of nitrogens with zero attached hydrogens (tertiary/aromatic N) is 1. The lowest BCUT2D eigenvalue weighted by Crippen LogP contribution is -2.23. The van der Waals surface area contributed by atoms with Gasteiger partial charge in [0.2, 0.25) is 0 Å². The molecule has 0 spiro atoms. The second-order valence-electron chi connectivity index (χ2n) is 7.37. The third-order valence-corrected chi connectivity index (χ3v) is 6.54. The van der Waals surface area contributed by atoms with Gasteiger partial charge in [-0.05, 0) is 72.4 Å². The van der Waals surface area contributed by atoms with Gasteiger partial charge in [0.15, 0.2) is 5.11 Å². The van der Waals surface area contributed by atoms with Crippen molar-refractivity contribution in [3.05, 3.63) is 112 Å². The monoisotopic (exact) mass is 538 g/mol. The molecular formula is C26H20Cl2N4OS2. The molecule has 3 aromatic carbocycles. The van der Waals surface area contributed by atoms with E-state index in [4.69, 9.17) is 35.4 Å². The van der Waals surface area contributed by atoms with Crippen molar-refractivity contribution < 1.29 is 4.79 Å². The van der Waals surface area contributed by atoms with E-state index in [0.717, 1.165) is 21.0 Å². The molecule has 0 bridgehead atoms. The van der Waals surface area contributed by atoms with Gasteiger partial charge in [-0.3, -0.25) is 9.78 Å². The van der Waals surface area contributed by atoms with Crippen LogP contribution in [0.4, 0.5) is 11.4 Å². The highest BCUT2D eigenvalue weighted by Crippen LogP contribution is 2.29. The Morgan fingerprint density at radius 1 is 0.886 bits per heavy atom. The number of nitrogens with one attached hydrogen (secondary N) is 3. The summed E-state index contributed by atoms with van der Waals surface area (Å²) in [5.41, 5.74) is 2.90. The maximum absolute atomic E-state index is 12.5. The first-order chi connectivity index (χ1) is 17.0. The van der Waals surface area contributed by atoms with Crippen molar-refractivity contribution in [3.8, 4) is 0 Å². The van der Waals surface area contributed by atoms with Crippen LogP contribution in [0.25, 0.3) is 0 Å². The van der Waals surface area contributed by atoms with E-state index in [9.17, 15) is 4.79 Å². The van der Waals surface area contributed by atoms with Gasteiger partial charge >= 0.3 is 0 Å². The lowest BCUT2D eigenvalue weighted by Gasteiger charge is -2.12. The zero-order chi connectivity index (χ0) is 24.6. The molecule has 0 fully saturated rings. The Labute approximate surface area is 223 Å². The van der Waals surface area contributed by atoms with Crippen LogP contribution in [0.1, 0.15) is 16.1 Å². The molecule has 0 radical (unpaired) electrons. The quantitative estimate of drug-likeness (QED) is 0.215. The molecule has 4 aromatic rings. The summed E-state index contributed by atoms with van der Waals surface area (Å²) >= 11 is 19.0. The van der Waals surface area contributed by atoms with E-state index in [2.05, 4.69) is 20.9 Å². The van der Waals surface area contributed by atoms with Crippen LogP contribution < -0.4 is 16.0 Å². The highest BCUT2D eigenvalue weighted by atomic mass is 35.5. The molecule has 0 aliphatic rings. The first kappa shape index (κ1) is 25.0. The van der Waals surface area contributed by atoms with E-state index >= 15 is 0 Å². The van der Waals surface area contributed by atoms with Crippen LogP contribution >= 0.6 is 47.2 Å². The number of carbonyl (C=O) groups excluding carboxylic acids is 1. The number of carbonyl (C=O) groups is 1. The minimum Gasteiger partial charge on any atom is -0.347 e. The molecule has 0 saturated carbocycles. The van der Waals surface area contributed by atoms with Gasteiger partial charge in [0.25, 0.3) is 5.91 Å². The van der Waals surface area contributed by atoms with Crippen LogP contribution in [0.2, 0.25) is 10.0 Å². The van der Waals surface area contributed by atoms with Gasteiger partial charge in [-0.2, -0.15) is 0 Å². The van der Waals surface area contributed by atoms with Crippen molar-refractivity contribution in [2.45, 2.75) is 16.3 Å². The van der Waals surface area contributed by atoms with Crippen molar-refractivity contribution in [2.75, 3.05) is 10.6 Å². The summed E-state index contributed by atoms with van der Waals surface area (Å²) in [5, 5.41) is 10.5. The van der Waals surface area contributed by atoms with Crippen molar-refractivity contribution in [1.29, 1.82) is 0 Å². The number of thiocarbonyl (C=S) groups is 1. The Hall–Kier alpha value is -3.10. The van der Waals surface area contributed by atoms with Gasteiger partial charge < -0.3 is 16.0 Å². The SMILES string of the molecule is O=C(NCc1ccccc1)c1cc(Sc2ccc(NC(=S)Nc3ccc(Cl)cc3Cl)cc2)ccn1. The molecule has 4 rings (SSSR count). The first-order valence-electron chi connectivity index (χ1n) is 10.6. The summed E-state index contributed by atoms with van der Waals surface area (Å²) in [7, 11) is 0. The van der Waals surface area contributed by atoms with Crippen LogP contribution in [0.15, 0.2) is 101 Å². The third-order valence-electron chi connectivity index (χ3n) is 4.79. The topological polar surface area (TPSA) is 66.1 Å². The van der Waals surface area contributed by atoms with Gasteiger partial charge in [0.05, 0.1) is 10.7 Å². The lowest BCUT2D eigenvalue weighted by atomic mass is 10.2. The Morgan fingerprint density at radius 2 is 1.66 bits per heavy atom. The summed E-state index contributed by atoms with van der Waals surface area (Å²) < 4.78 is 0. The second-order valence-corrected chi connectivity index (χ2v) is 9.77. The number of benzene rings is 3. The molecule has 1 amide bonds. The van der Waals surface area contributed by atoms with Crippen LogP contribution in [0.3, 0.4) is 0 Å². The number of halogens is 2. The molecule has 0 atom stereocenters. The molecule has 0 unspecified atom stereocenters. The predicted octanol–water partition coefficient (Wildman–Crippen LogP) is 7.28. The summed E-state index contributed by atoms with van der Waals surface area (Å²) in [6.45, 7) is 0.453. The number of hydrogen-bond acceptors (Lipinski definition) is 4. The van der Waals surface area contributed by atoms with E-state index in [1.807, 2.05) is 60.7 Å². The largest absolute Gasteiger partial charge is 0.347 e. The molecule has 1 heterocycles. The van der Waals surface area contributed by atoms with Crippen molar-refractivity contribution in [3.63, 3.8) is 0 Å². The van der Waals surface area contributed by atoms with E-state index < -0.39 is 0 Å². The Morgan fingerprint density at radius 3 is 2.40 bits per heavy atom. The highest BCUT2D eigenvalue weighted by Gasteiger charge is 2.09. The van der Waals surface area contributed by atoms with Crippen LogP contribution in [0.5, 0.6) is 0 Å². The fourth-order valence-corrected chi connectivity index (χ4v) is 4.61. The fourth-order valence-electron chi connectivity index (χ4n) is 3.09. The van der Waals surface area contributed by atoms with Crippen LogP contribution in [0, 0.1) is 0 Å². The zero-order valence-electron chi connectivity index (χ0n) is 18.3. The summed E-state index contributed by atoms with van der Waals surface area (Å²) in [4.78, 5) is 18.7. The Balaban J connectivity index is 1.32. The number of aromatic nitrogens is 1. The molecule has 35 heavy (non-hydrogen) atoms. The third kappa shape index (κ3) is 7.44. The zero-order valence-corrected chi connectivity index (χ0v) is 21.4. The standard InChI is InChI=1S/C26H20Cl2N4OS2/c27-18-6-11-23(22(28)14-18)32-26(34)31-19-7-9-20(10-8-19)35-21-12-13-29-24(15-21)25(33)30-16-17-4-2-1-3-5-17/h1-15H,16H2,(H,30,33)(H2,31,32,34). The average molecular weight is 540 g/mol. The molecular weight excluding hydrogens is 519 g/mol. The lowest BCUT2D eigenvalue weighted by molar-refractivity contribution is 0.0945. The molecule has 0 aliphatic heterocycles. The van der Waals surface area contributed by atoms with Gasteiger partial charge in [-0.15, -0.1) is 0 Å². The Kier molecular flexibility index (Phi) is 8.60. The minimum absolute atomic E-state index is 0.211. The molecule has 0 aliphatic carbocycles. The fraction of sp³-hybridized carbons (Fsp3) is 0.0385. The van der Waals surface area contributed by atoms with E-state index in [-0.39, 0.29) is 5.91 Å². The Bertz CT molecular complexity index is 1340. The van der Waals surface area contributed by atoms with Gasteiger partial charge in [0.1, 0.15) is 5.69 Å². The van der Waals surface area contributed by atoms with E-state index in [1.54, 1.807) is 42.2 Å². The summed E-state index contributed by atoms with van der Waals surface area (Å²) in [6.07, 6.45) is 1.64. The van der Waals surface area contributed by atoms with E-state index in [1.165, 1.54) is 0 Å². The highest BCUT2D eigenvalue weighted by molar-refractivity contribution is 7.99. The number of pyridine rings is 1. The molecule has 176 valence electrons. The van der Waals surface area contributed by atoms with Crippen molar-refractivity contribution in [2.24, 2.45) is 0 Å². The van der Waals surface area contributed by atoms with Gasteiger partial charge in [-0.25, -0.2) is 0 Å². The summed E-state index contributed by atoms with van der Waals surface area (Å²) in [6, 6.07) is 26.4. The molecule has 1 aromatic heterocycles. The first-order valence-corrected chi connectivity index (χ1v) is 12.5. The maximum atomic E-state index is 12.5. The smallest absolute Gasteiger partial charge is 0.270 e. The van der Waals surface area contributed by atoms with Crippen LogP contribution in [-0.4, -0.2) is 16.0 Å². The van der Waals surface area contributed by atoms with Crippen molar-refractivity contribution >= 4 is 69.6 Å². The van der Waals surface area contributed by atoms with Gasteiger partial charge in [-0.1, -0.05) is 65.3 Å². The molecule has 0 saturated heterocycles. The number of hydrogen-bond donors (Lipinski definition) is 3. The minimum atomic E-state index is -0.211. The second kappa shape index (κ2) is 12.0. The average Bonchev–Trinajstić information content (AvgIpc) is 2.86. The predicted molar refractivity (Wildman–Crippen MR) is 149 cm³/mol. The molecule has 9 heteroatoms. The maximum Gasteiger partial charge on any atom is 0.270 e. The van der Waals surface area contributed by atoms with Gasteiger partial charge in [0, 0.05) is 33.2 Å². The molecule has 5 nitrogen and oxygen atoms in total. The number of amides is 1. The normalized spacial score (nSPS) is 10.5. The van der Waals surface area contributed by atoms with Crippen molar-refractivity contribution in [1.82, 2.24) is 10.3 Å².